The third-order valence-corrected chi connectivity index (χ3v) is 6.06. The number of carboxylic acids is 1. The van der Waals surface area contributed by atoms with Crippen molar-refractivity contribution in [1.82, 2.24) is 10.0 Å². The first-order valence-corrected chi connectivity index (χ1v) is 9.70. The van der Waals surface area contributed by atoms with Crippen LogP contribution in [-0.4, -0.2) is 38.0 Å². The normalized spacial score (nSPS) is 12.4. The second-order valence-corrected chi connectivity index (χ2v) is 7.86. The van der Waals surface area contributed by atoms with Crippen LogP contribution in [0.5, 0.6) is 0 Å². The molecular weight excluding hydrogens is 459 g/mol. The lowest BCUT2D eigenvalue weighted by molar-refractivity contribution is -0.138. The molecule has 132 valence electrons. The van der Waals surface area contributed by atoms with Crippen molar-refractivity contribution in [3.63, 3.8) is 0 Å². The van der Waals surface area contributed by atoms with Crippen molar-refractivity contribution in [3.05, 3.63) is 63.7 Å². The van der Waals surface area contributed by atoms with Gasteiger partial charge < -0.3 is 10.4 Å². The summed E-state index contributed by atoms with van der Waals surface area (Å²) < 4.78 is 27.4. The van der Waals surface area contributed by atoms with Crippen LogP contribution in [0, 0.1) is 3.57 Å². The van der Waals surface area contributed by atoms with Crippen molar-refractivity contribution < 1.29 is 23.1 Å². The maximum Gasteiger partial charge on any atom is 0.323 e. The summed E-state index contributed by atoms with van der Waals surface area (Å²) in [5.74, 6) is -1.87. The summed E-state index contributed by atoms with van der Waals surface area (Å²) in [5.41, 5.74) is 0.354. The van der Waals surface area contributed by atoms with E-state index in [9.17, 15) is 23.1 Å². The van der Waals surface area contributed by atoms with E-state index in [4.69, 9.17) is 0 Å². The Morgan fingerprint density at radius 3 is 2.24 bits per heavy atom. The second-order valence-electron chi connectivity index (χ2n) is 5.02. The fourth-order valence-corrected chi connectivity index (χ4v) is 4.50. The van der Waals surface area contributed by atoms with Gasteiger partial charge in [-0.1, -0.05) is 30.3 Å². The quantitative estimate of drug-likeness (QED) is 0.526. The van der Waals surface area contributed by atoms with Crippen LogP contribution in [0.2, 0.25) is 0 Å². The Bertz CT molecular complexity index is 871. The number of carbonyl (C=O) groups is 2. The summed E-state index contributed by atoms with van der Waals surface area (Å²) in [4.78, 5) is 23.3. The molecule has 0 spiro atoms. The van der Waals surface area contributed by atoms with Gasteiger partial charge in [-0.3, -0.25) is 9.59 Å². The number of hydrogen-bond acceptors (Lipinski definition) is 4. The number of amides is 1. The van der Waals surface area contributed by atoms with Crippen molar-refractivity contribution in [1.29, 1.82) is 0 Å². The number of rotatable bonds is 7. The molecule has 25 heavy (non-hydrogen) atoms. The minimum Gasteiger partial charge on any atom is -0.480 e. The number of carbonyl (C=O) groups excluding carboxylic acids is 1. The number of sulfonamides is 1. The molecule has 0 unspecified atom stereocenters. The van der Waals surface area contributed by atoms with Gasteiger partial charge in [-0.05, 0) is 46.9 Å². The SMILES string of the molecule is O=C(NC[C@@H](NS(=O)(=O)c1ccccc1I)C(=O)O)c1ccccc1. The molecular formula is C16H15IN2O5S. The molecule has 1 amide bonds. The molecule has 0 aliphatic carbocycles. The lowest BCUT2D eigenvalue weighted by atomic mass is 10.2. The number of nitrogens with one attached hydrogen (secondary N) is 2. The molecule has 0 aromatic heterocycles. The van der Waals surface area contributed by atoms with E-state index in [0.717, 1.165) is 0 Å². The summed E-state index contributed by atoms with van der Waals surface area (Å²) in [7, 11) is -4.04. The Labute approximate surface area is 158 Å². The van der Waals surface area contributed by atoms with Crippen molar-refractivity contribution in [2.75, 3.05) is 6.54 Å². The molecule has 0 fully saturated rings. The molecule has 2 aromatic carbocycles. The van der Waals surface area contributed by atoms with E-state index in [1.807, 2.05) is 22.6 Å². The molecule has 2 aromatic rings. The largest absolute Gasteiger partial charge is 0.480 e. The third-order valence-electron chi connectivity index (χ3n) is 3.22. The highest BCUT2D eigenvalue weighted by Gasteiger charge is 2.27. The van der Waals surface area contributed by atoms with E-state index in [-0.39, 0.29) is 11.4 Å². The van der Waals surface area contributed by atoms with Crippen LogP contribution < -0.4 is 10.0 Å². The monoisotopic (exact) mass is 474 g/mol. The summed E-state index contributed by atoms with van der Waals surface area (Å²) in [5, 5.41) is 11.7. The van der Waals surface area contributed by atoms with Crippen molar-refractivity contribution in [2.45, 2.75) is 10.9 Å². The lowest BCUT2D eigenvalue weighted by Crippen LogP contribution is -2.48. The first-order chi connectivity index (χ1) is 11.8. The van der Waals surface area contributed by atoms with Gasteiger partial charge in [-0.25, -0.2) is 8.42 Å². The van der Waals surface area contributed by atoms with E-state index in [2.05, 4.69) is 10.0 Å². The second kappa shape index (κ2) is 8.41. The average molecular weight is 474 g/mol. The lowest BCUT2D eigenvalue weighted by Gasteiger charge is -2.16. The molecule has 0 heterocycles. The molecule has 0 aliphatic heterocycles. The van der Waals surface area contributed by atoms with E-state index in [0.29, 0.717) is 9.13 Å². The number of halogens is 1. The maximum absolute atomic E-state index is 12.4. The van der Waals surface area contributed by atoms with Crippen LogP contribution in [0.15, 0.2) is 59.5 Å². The average Bonchev–Trinajstić information content (AvgIpc) is 2.59. The summed E-state index contributed by atoms with van der Waals surface area (Å²) in [6.45, 7) is -0.383. The number of benzene rings is 2. The Balaban J connectivity index is 2.10. The third kappa shape index (κ3) is 5.25. The van der Waals surface area contributed by atoms with E-state index < -0.39 is 27.9 Å². The van der Waals surface area contributed by atoms with Gasteiger partial charge in [0.25, 0.3) is 5.91 Å². The van der Waals surface area contributed by atoms with Crippen molar-refractivity contribution in [3.8, 4) is 0 Å². The summed E-state index contributed by atoms with van der Waals surface area (Å²) >= 11 is 1.85. The van der Waals surface area contributed by atoms with Crippen LogP contribution >= 0.6 is 22.6 Å². The smallest absolute Gasteiger partial charge is 0.323 e. The van der Waals surface area contributed by atoms with E-state index in [1.54, 1.807) is 48.5 Å². The van der Waals surface area contributed by atoms with Gasteiger partial charge in [0, 0.05) is 15.7 Å². The Hall–Kier alpha value is -1.98. The predicted molar refractivity (Wildman–Crippen MR) is 99.7 cm³/mol. The molecule has 2 rings (SSSR count). The number of hydrogen-bond donors (Lipinski definition) is 3. The highest BCUT2D eigenvalue weighted by atomic mass is 127. The zero-order chi connectivity index (χ0) is 18.4. The predicted octanol–water partition coefficient (Wildman–Crippen LogP) is 1.45. The van der Waals surface area contributed by atoms with Crippen LogP contribution in [0.25, 0.3) is 0 Å². The molecule has 3 N–H and O–H groups in total. The van der Waals surface area contributed by atoms with Crippen LogP contribution in [0.4, 0.5) is 0 Å². The van der Waals surface area contributed by atoms with Gasteiger partial charge in [-0.2, -0.15) is 4.72 Å². The first-order valence-electron chi connectivity index (χ1n) is 7.14. The molecule has 7 nitrogen and oxygen atoms in total. The van der Waals surface area contributed by atoms with E-state index >= 15 is 0 Å². The molecule has 0 bridgehead atoms. The zero-order valence-corrected chi connectivity index (χ0v) is 15.8. The fourth-order valence-electron chi connectivity index (χ4n) is 1.98. The van der Waals surface area contributed by atoms with Crippen LogP contribution in [0.3, 0.4) is 0 Å². The molecule has 0 radical (unpaired) electrons. The fraction of sp³-hybridized carbons (Fsp3) is 0.125. The molecule has 0 saturated heterocycles. The van der Waals surface area contributed by atoms with Gasteiger partial charge in [-0.15, -0.1) is 0 Å². The Kier molecular flexibility index (Phi) is 6.51. The standard InChI is InChI=1S/C16H15IN2O5S/c17-12-8-4-5-9-14(12)25(23,24)19-13(16(21)22)10-18-15(20)11-6-2-1-3-7-11/h1-9,13,19H,10H2,(H,18,20)(H,21,22)/t13-/m1/s1. The van der Waals surface area contributed by atoms with Gasteiger partial charge in [0.05, 0.1) is 4.90 Å². The highest BCUT2D eigenvalue weighted by molar-refractivity contribution is 14.1. The maximum atomic E-state index is 12.4. The number of aliphatic carboxylic acids is 1. The number of carboxylic acid groups (broad SMARTS) is 1. The minimum absolute atomic E-state index is 0.0174. The minimum atomic E-state index is -4.04. The summed E-state index contributed by atoms with van der Waals surface area (Å²) in [6.07, 6.45) is 0. The van der Waals surface area contributed by atoms with Gasteiger partial charge >= 0.3 is 5.97 Å². The Morgan fingerprint density at radius 1 is 1.04 bits per heavy atom. The van der Waals surface area contributed by atoms with Crippen LogP contribution in [-0.2, 0) is 14.8 Å². The zero-order valence-electron chi connectivity index (χ0n) is 12.8. The van der Waals surface area contributed by atoms with Gasteiger partial charge in [0.15, 0.2) is 0 Å². The van der Waals surface area contributed by atoms with Crippen LogP contribution in [0.1, 0.15) is 10.4 Å². The highest BCUT2D eigenvalue weighted by Crippen LogP contribution is 2.17. The van der Waals surface area contributed by atoms with Gasteiger partial charge in [0.1, 0.15) is 6.04 Å². The molecule has 9 heteroatoms. The van der Waals surface area contributed by atoms with Crippen molar-refractivity contribution >= 4 is 44.5 Å². The van der Waals surface area contributed by atoms with Crippen molar-refractivity contribution in [2.24, 2.45) is 0 Å². The first kappa shape index (κ1) is 19.3. The Morgan fingerprint density at radius 2 is 1.64 bits per heavy atom. The summed E-state index contributed by atoms with van der Waals surface area (Å²) in [6, 6.07) is 12.9. The van der Waals surface area contributed by atoms with E-state index in [1.165, 1.54) is 6.07 Å². The van der Waals surface area contributed by atoms with Gasteiger partial charge in [0.2, 0.25) is 10.0 Å². The molecule has 0 saturated carbocycles. The molecule has 1 atom stereocenters. The topological polar surface area (TPSA) is 113 Å². The molecule has 0 aliphatic rings.